The summed E-state index contributed by atoms with van der Waals surface area (Å²) in [4.78, 5) is 12.2. The Morgan fingerprint density at radius 2 is 2.05 bits per heavy atom. The molecule has 0 spiro atoms. The number of nitrogens with two attached hydrogens (primary N) is 1. The molecule has 20 heavy (non-hydrogen) atoms. The number of oxime groups is 1. The third-order valence-corrected chi connectivity index (χ3v) is 3.63. The second kappa shape index (κ2) is 5.98. The van der Waals surface area contributed by atoms with Crippen LogP contribution in [0.1, 0.15) is 11.1 Å². The van der Waals surface area contributed by atoms with Crippen LogP contribution in [0.2, 0.25) is 10.0 Å². The van der Waals surface area contributed by atoms with Gasteiger partial charge < -0.3 is 15.5 Å². The number of aromatic nitrogens is 1. The minimum absolute atomic E-state index is 0.119. The number of pyridine rings is 1. The standard InChI is InChI=1S/C13H11Cl2N3O2/c14-10-5-1-3-8(11(10)15)7-18-6-2-4-9(13(18)19)12(16)17-20/h1-6,20H,7H2,(H2,16,17). The van der Waals surface area contributed by atoms with Gasteiger partial charge in [0.05, 0.1) is 22.2 Å². The number of hydrogen-bond donors (Lipinski definition) is 2. The second-order valence-corrected chi connectivity index (χ2v) is 4.84. The zero-order chi connectivity index (χ0) is 14.7. The lowest BCUT2D eigenvalue weighted by molar-refractivity contribution is 0.318. The van der Waals surface area contributed by atoms with E-state index >= 15 is 0 Å². The van der Waals surface area contributed by atoms with Crippen molar-refractivity contribution in [3.8, 4) is 0 Å². The zero-order valence-corrected chi connectivity index (χ0v) is 11.8. The topological polar surface area (TPSA) is 80.6 Å². The van der Waals surface area contributed by atoms with Crippen LogP contribution in [0.4, 0.5) is 0 Å². The van der Waals surface area contributed by atoms with Crippen molar-refractivity contribution < 1.29 is 5.21 Å². The largest absolute Gasteiger partial charge is 0.409 e. The van der Waals surface area contributed by atoms with Gasteiger partial charge >= 0.3 is 0 Å². The maximum atomic E-state index is 12.2. The van der Waals surface area contributed by atoms with Crippen LogP contribution in [0, 0.1) is 0 Å². The molecule has 104 valence electrons. The van der Waals surface area contributed by atoms with E-state index in [1.807, 2.05) is 0 Å². The molecule has 5 nitrogen and oxygen atoms in total. The Bertz CT molecular complexity index is 726. The quantitative estimate of drug-likeness (QED) is 0.395. The molecule has 0 fully saturated rings. The van der Waals surface area contributed by atoms with Crippen LogP contribution in [0.15, 0.2) is 46.5 Å². The molecule has 0 amide bonds. The molecule has 0 aliphatic rings. The van der Waals surface area contributed by atoms with E-state index in [1.165, 1.54) is 10.6 Å². The Kier molecular flexibility index (Phi) is 4.32. The van der Waals surface area contributed by atoms with Gasteiger partial charge in [-0.25, -0.2) is 0 Å². The van der Waals surface area contributed by atoms with Crippen LogP contribution in [0.5, 0.6) is 0 Å². The Hall–Kier alpha value is -1.98. The zero-order valence-electron chi connectivity index (χ0n) is 10.3. The third kappa shape index (κ3) is 2.79. The molecule has 0 aliphatic heterocycles. The maximum absolute atomic E-state index is 12.2. The fourth-order valence-corrected chi connectivity index (χ4v) is 2.14. The second-order valence-electron chi connectivity index (χ2n) is 4.05. The molecule has 0 saturated carbocycles. The third-order valence-electron chi connectivity index (χ3n) is 2.78. The molecule has 1 aromatic carbocycles. The van der Waals surface area contributed by atoms with E-state index < -0.39 is 0 Å². The molecular formula is C13H11Cl2N3O2. The normalized spacial score (nSPS) is 11.6. The molecule has 0 unspecified atom stereocenters. The Morgan fingerprint density at radius 1 is 1.30 bits per heavy atom. The SMILES string of the molecule is N/C(=N/O)c1cccn(Cc2cccc(Cl)c2Cl)c1=O. The summed E-state index contributed by atoms with van der Waals surface area (Å²) >= 11 is 12.0. The summed E-state index contributed by atoms with van der Waals surface area (Å²) in [5.74, 6) is -0.235. The molecule has 0 saturated heterocycles. The van der Waals surface area contributed by atoms with Gasteiger partial charge in [-0.05, 0) is 23.8 Å². The van der Waals surface area contributed by atoms with Crippen LogP contribution in [-0.2, 0) is 6.54 Å². The van der Waals surface area contributed by atoms with Crippen molar-refractivity contribution in [2.75, 3.05) is 0 Å². The maximum Gasteiger partial charge on any atom is 0.261 e. The number of nitrogens with zero attached hydrogens (tertiary/aromatic N) is 2. The highest BCUT2D eigenvalue weighted by molar-refractivity contribution is 6.42. The van der Waals surface area contributed by atoms with Crippen molar-refractivity contribution in [2.24, 2.45) is 10.9 Å². The summed E-state index contributed by atoms with van der Waals surface area (Å²) in [5.41, 5.74) is 5.90. The highest BCUT2D eigenvalue weighted by Gasteiger charge is 2.10. The van der Waals surface area contributed by atoms with E-state index in [1.54, 1.807) is 30.5 Å². The highest BCUT2D eigenvalue weighted by atomic mass is 35.5. The molecule has 0 bridgehead atoms. The molecule has 0 radical (unpaired) electrons. The number of amidine groups is 1. The van der Waals surface area contributed by atoms with E-state index in [0.29, 0.717) is 15.6 Å². The fourth-order valence-electron chi connectivity index (χ4n) is 1.76. The van der Waals surface area contributed by atoms with Gasteiger partial charge in [0.15, 0.2) is 5.84 Å². The number of rotatable bonds is 3. The summed E-state index contributed by atoms with van der Waals surface area (Å²) in [7, 11) is 0. The van der Waals surface area contributed by atoms with Gasteiger partial charge in [0.1, 0.15) is 0 Å². The highest BCUT2D eigenvalue weighted by Crippen LogP contribution is 2.25. The first kappa shape index (κ1) is 14.4. The molecule has 0 atom stereocenters. The predicted molar refractivity (Wildman–Crippen MR) is 78.8 cm³/mol. The van der Waals surface area contributed by atoms with E-state index in [-0.39, 0.29) is 23.5 Å². The monoisotopic (exact) mass is 311 g/mol. The van der Waals surface area contributed by atoms with Crippen molar-refractivity contribution in [1.82, 2.24) is 4.57 Å². The van der Waals surface area contributed by atoms with Crippen molar-refractivity contribution in [2.45, 2.75) is 6.54 Å². The van der Waals surface area contributed by atoms with Crippen molar-refractivity contribution in [3.63, 3.8) is 0 Å². The van der Waals surface area contributed by atoms with Gasteiger partial charge in [-0.3, -0.25) is 4.79 Å². The van der Waals surface area contributed by atoms with Crippen LogP contribution >= 0.6 is 23.2 Å². The molecule has 2 rings (SSSR count). The molecule has 1 aromatic heterocycles. The van der Waals surface area contributed by atoms with Gasteiger partial charge in [0.2, 0.25) is 0 Å². The van der Waals surface area contributed by atoms with E-state index in [2.05, 4.69) is 5.16 Å². The lowest BCUT2D eigenvalue weighted by Crippen LogP contribution is -2.30. The summed E-state index contributed by atoms with van der Waals surface area (Å²) in [6, 6.07) is 8.31. The van der Waals surface area contributed by atoms with Crippen molar-refractivity contribution >= 4 is 29.0 Å². The van der Waals surface area contributed by atoms with Gasteiger partial charge in [0.25, 0.3) is 5.56 Å². The smallest absolute Gasteiger partial charge is 0.261 e. The Labute approximate surface area is 124 Å². The van der Waals surface area contributed by atoms with E-state index in [0.717, 1.165) is 0 Å². The number of hydrogen-bond acceptors (Lipinski definition) is 3. The van der Waals surface area contributed by atoms with Gasteiger partial charge in [-0.15, -0.1) is 0 Å². The molecule has 1 heterocycles. The first-order valence-corrected chi connectivity index (χ1v) is 6.40. The van der Waals surface area contributed by atoms with Gasteiger partial charge in [0, 0.05) is 6.20 Å². The summed E-state index contributed by atoms with van der Waals surface area (Å²) in [5, 5.41) is 12.3. The molecule has 3 N–H and O–H groups in total. The average Bonchev–Trinajstić information content (AvgIpc) is 2.45. The number of halogens is 2. The van der Waals surface area contributed by atoms with Crippen LogP contribution in [0.25, 0.3) is 0 Å². The molecule has 7 heteroatoms. The lowest BCUT2D eigenvalue weighted by Gasteiger charge is -2.09. The van der Waals surface area contributed by atoms with Crippen LogP contribution in [0.3, 0.4) is 0 Å². The van der Waals surface area contributed by atoms with Crippen LogP contribution in [-0.4, -0.2) is 15.6 Å². The first-order valence-electron chi connectivity index (χ1n) is 5.65. The van der Waals surface area contributed by atoms with Crippen LogP contribution < -0.4 is 11.3 Å². The Balaban J connectivity index is 2.45. The molecule has 2 aromatic rings. The van der Waals surface area contributed by atoms with Crippen molar-refractivity contribution in [1.29, 1.82) is 0 Å². The molecular weight excluding hydrogens is 301 g/mol. The number of benzene rings is 1. The van der Waals surface area contributed by atoms with Crippen molar-refractivity contribution in [3.05, 3.63) is 68.1 Å². The van der Waals surface area contributed by atoms with E-state index in [9.17, 15) is 4.79 Å². The fraction of sp³-hybridized carbons (Fsp3) is 0.0769. The summed E-state index contributed by atoms with van der Waals surface area (Å²) in [6.07, 6.45) is 1.59. The predicted octanol–water partition coefficient (Wildman–Crippen LogP) is 2.30. The first-order chi connectivity index (χ1) is 9.54. The molecule has 0 aliphatic carbocycles. The minimum Gasteiger partial charge on any atom is -0.409 e. The van der Waals surface area contributed by atoms with Gasteiger partial charge in [-0.2, -0.15) is 0 Å². The van der Waals surface area contributed by atoms with E-state index in [4.69, 9.17) is 34.1 Å². The minimum atomic E-state index is -0.376. The van der Waals surface area contributed by atoms with Gasteiger partial charge in [-0.1, -0.05) is 40.5 Å². The summed E-state index contributed by atoms with van der Waals surface area (Å²) < 4.78 is 1.41. The lowest BCUT2D eigenvalue weighted by atomic mass is 10.2. The average molecular weight is 312 g/mol. The summed E-state index contributed by atoms with van der Waals surface area (Å²) in [6.45, 7) is 0.241. The Morgan fingerprint density at radius 3 is 2.75 bits per heavy atom.